The van der Waals surface area contributed by atoms with Crippen LogP contribution in [0.15, 0.2) is 18.2 Å². The van der Waals surface area contributed by atoms with Gasteiger partial charge in [0.05, 0.1) is 18.3 Å². The number of aryl methyl sites for hydroxylation is 1. The molecule has 1 atom stereocenters. The minimum absolute atomic E-state index is 0.0459. The average Bonchev–Trinajstić information content (AvgIpc) is 2.37. The van der Waals surface area contributed by atoms with E-state index in [1.807, 2.05) is 32.0 Å². The monoisotopic (exact) mass is 248 g/mol. The molecule has 1 rings (SSSR count). The summed E-state index contributed by atoms with van der Waals surface area (Å²) in [6.07, 6.45) is 0.520. The molecule has 1 aromatic carbocycles. The molecule has 1 unspecified atom stereocenters. The van der Waals surface area contributed by atoms with Gasteiger partial charge in [0.25, 0.3) is 0 Å². The first-order chi connectivity index (χ1) is 8.67. The lowest BCUT2D eigenvalue weighted by Gasteiger charge is -2.13. The molecule has 0 saturated heterocycles. The van der Waals surface area contributed by atoms with Crippen LogP contribution in [0.3, 0.4) is 0 Å². The molecule has 98 valence electrons. The summed E-state index contributed by atoms with van der Waals surface area (Å²) >= 11 is 0. The standard InChI is InChI=1S/C15H20O3/c1-12-7-8-15(18-11-13(2)17-3)14(10-12)6-4-5-9-16/h7-8,10,13,16H,5,9,11H2,1-3H3. The van der Waals surface area contributed by atoms with Crippen molar-refractivity contribution in [1.82, 2.24) is 0 Å². The van der Waals surface area contributed by atoms with Gasteiger partial charge in [0.15, 0.2) is 0 Å². The number of aliphatic hydroxyl groups excluding tert-OH is 1. The Morgan fingerprint density at radius 2 is 2.17 bits per heavy atom. The van der Waals surface area contributed by atoms with Crippen molar-refractivity contribution < 1.29 is 14.6 Å². The molecule has 1 aromatic rings. The van der Waals surface area contributed by atoms with Crippen LogP contribution < -0.4 is 4.74 Å². The van der Waals surface area contributed by atoms with Gasteiger partial charge in [-0.25, -0.2) is 0 Å². The molecule has 0 aliphatic heterocycles. The second-order valence-electron chi connectivity index (χ2n) is 4.13. The van der Waals surface area contributed by atoms with E-state index < -0.39 is 0 Å². The third-order valence-corrected chi connectivity index (χ3v) is 2.47. The zero-order chi connectivity index (χ0) is 13.4. The van der Waals surface area contributed by atoms with Gasteiger partial charge < -0.3 is 14.6 Å². The van der Waals surface area contributed by atoms with E-state index in [2.05, 4.69) is 11.8 Å². The maximum Gasteiger partial charge on any atom is 0.135 e. The fraction of sp³-hybridized carbons (Fsp3) is 0.467. The van der Waals surface area contributed by atoms with E-state index in [0.29, 0.717) is 13.0 Å². The van der Waals surface area contributed by atoms with Crippen molar-refractivity contribution in [2.75, 3.05) is 20.3 Å². The van der Waals surface area contributed by atoms with Gasteiger partial charge in [-0.1, -0.05) is 17.9 Å². The number of rotatable bonds is 5. The SMILES string of the molecule is COC(C)COc1ccc(C)cc1C#CCCO. The summed E-state index contributed by atoms with van der Waals surface area (Å²) in [5.41, 5.74) is 1.99. The van der Waals surface area contributed by atoms with Crippen LogP contribution in [0.5, 0.6) is 5.75 Å². The minimum atomic E-state index is 0.0459. The largest absolute Gasteiger partial charge is 0.490 e. The van der Waals surface area contributed by atoms with E-state index in [-0.39, 0.29) is 12.7 Å². The molecule has 0 spiro atoms. The van der Waals surface area contributed by atoms with Crippen LogP contribution in [0.4, 0.5) is 0 Å². The van der Waals surface area contributed by atoms with Crippen molar-refractivity contribution in [2.24, 2.45) is 0 Å². The lowest BCUT2D eigenvalue weighted by atomic mass is 10.1. The first-order valence-corrected chi connectivity index (χ1v) is 6.03. The van der Waals surface area contributed by atoms with E-state index in [0.717, 1.165) is 16.9 Å². The van der Waals surface area contributed by atoms with E-state index in [9.17, 15) is 0 Å². The van der Waals surface area contributed by atoms with Gasteiger partial charge in [0, 0.05) is 13.5 Å². The number of benzene rings is 1. The third kappa shape index (κ3) is 4.79. The van der Waals surface area contributed by atoms with Crippen LogP contribution in [0.2, 0.25) is 0 Å². The van der Waals surface area contributed by atoms with Crippen LogP contribution >= 0.6 is 0 Å². The third-order valence-electron chi connectivity index (χ3n) is 2.47. The Balaban J connectivity index is 2.80. The Hall–Kier alpha value is -1.50. The van der Waals surface area contributed by atoms with Crippen LogP contribution in [0.25, 0.3) is 0 Å². The molecule has 0 radical (unpaired) electrons. The van der Waals surface area contributed by atoms with Crippen LogP contribution in [0, 0.1) is 18.8 Å². The number of hydrogen-bond acceptors (Lipinski definition) is 3. The van der Waals surface area contributed by atoms with E-state index in [4.69, 9.17) is 14.6 Å². The second-order valence-corrected chi connectivity index (χ2v) is 4.13. The Morgan fingerprint density at radius 3 is 2.83 bits per heavy atom. The lowest BCUT2D eigenvalue weighted by Crippen LogP contribution is -2.16. The predicted molar refractivity (Wildman–Crippen MR) is 71.7 cm³/mol. The number of ether oxygens (including phenoxy) is 2. The Bertz CT molecular complexity index is 429. The van der Waals surface area contributed by atoms with Crippen molar-refractivity contribution in [3.8, 4) is 17.6 Å². The van der Waals surface area contributed by atoms with Gasteiger partial charge in [0.2, 0.25) is 0 Å². The van der Waals surface area contributed by atoms with Crippen LogP contribution in [-0.4, -0.2) is 31.5 Å². The van der Waals surface area contributed by atoms with Gasteiger partial charge in [-0.2, -0.15) is 0 Å². The molecule has 0 saturated carbocycles. The van der Waals surface area contributed by atoms with Crippen molar-refractivity contribution >= 4 is 0 Å². The summed E-state index contributed by atoms with van der Waals surface area (Å²) in [5, 5.41) is 8.73. The Morgan fingerprint density at radius 1 is 1.39 bits per heavy atom. The summed E-state index contributed by atoms with van der Waals surface area (Å²) in [6.45, 7) is 4.54. The first kappa shape index (κ1) is 14.6. The highest BCUT2D eigenvalue weighted by Gasteiger charge is 2.05. The van der Waals surface area contributed by atoms with Gasteiger partial charge in [0.1, 0.15) is 12.4 Å². The summed E-state index contributed by atoms with van der Waals surface area (Å²) in [4.78, 5) is 0. The molecule has 0 aromatic heterocycles. The second kappa shape index (κ2) is 7.75. The highest BCUT2D eigenvalue weighted by atomic mass is 16.5. The summed E-state index contributed by atoms with van der Waals surface area (Å²) in [7, 11) is 1.66. The number of aliphatic hydroxyl groups is 1. The minimum Gasteiger partial charge on any atom is -0.490 e. The molecule has 0 heterocycles. The van der Waals surface area contributed by atoms with Crippen molar-refractivity contribution in [3.05, 3.63) is 29.3 Å². The van der Waals surface area contributed by atoms with E-state index in [1.54, 1.807) is 7.11 Å². The highest BCUT2D eigenvalue weighted by molar-refractivity contribution is 5.48. The van der Waals surface area contributed by atoms with E-state index in [1.165, 1.54) is 0 Å². The maximum absolute atomic E-state index is 8.73. The first-order valence-electron chi connectivity index (χ1n) is 6.03. The predicted octanol–water partition coefficient (Wildman–Crippen LogP) is 2.14. The topological polar surface area (TPSA) is 38.7 Å². The van der Waals surface area contributed by atoms with Gasteiger partial charge in [-0.05, 0) is 31.5 Å². The molecule has 1 N–H and O–H groups in total. The number of hydrogen-bond donors (Lipinski definition) is 1. The quantitative estimate of drug-likeness (QED) is 0.811. The molecular formula is C15H20O3. The summed E-state index contributed by atoms with van der Waals surface area (Å²) in [6, 6.07) is 5.89. The highest BCUT2D eigenvalue weighted by Crippen LogP contribution is 2.19. The smallest absolute Gasteiger partial charge is 0.135 e. The molecule has 18 heavy (non-hydrogen) atoms. The Kier molecular flexibility index (Phi) is 6.27. The molecule has 0 amide bonds. The lowest BCUT2D eigenvalue weighted by molar-refractivity contribution is 0.0716. The zero-order valence-electron chi connectivity index (χ0n) is 11.2. The van der Waals surface area contributed by atoms with Crippen LogP contribution in [-0.2, 0) is 4.74 Å². The molecule has 0 aliphatic rings. The molecule has 0 bridgehead atoms. The summed E-state index contributed by atoms with van der Waals surface area (Å²) < 4.78 is 10.8. The van der Waals surface area contributed by atoms with Crippen molar-refractivity contribution in [1.29, 1.82) is 0 Å². The number of methoxy groups -OCH3 is 1. The molecular weight excluding hydrogens is 228 g/mol. The normalized spacial score (nSPS) is 11.6. The molecule has 0 aliphatic carbocycles. The fourth-order valence-electron chi connectivity index (χ4n) is 1.36. The van der Waals surface area contributed by atoms with Gasteiger partial charge >= 0.3 is 0 Å². The molecule has 0 fully saturated rings. The van der Waals surface area contributed by atoms with E-state index >= 15 is 0 Å². The van der Waals surface area contributed by atoms with Crippen molar-refractivity contribution in [3.63, 3.8) is 0 Å². The summed E-state index contributed by atoms with van der Waals surface area (Å²) in [5.74, 6) is 6.69. The maximum atomic E-state index is 8.73. The van der Waals surface area contributed by atoms with Gasteiger partial charge in [-0.15, -0.1) is 0 Å². The molecule has 3 heteroatoms. The Labute approximate surface area is 109 Å². The average molecular weight is 248 g/mol. The fourth-order valence-corrected chi connectivity index (χ4v) is 1.36. The molecule has 3 nitrogen and oxygen atoms in total. The zero-order valence-corrected chi connectivity index (χ0v) is 11.2. The van der Waals surface area contributed by atoms with Gasteiger partial charge in [-0.3, -0.25) is 0 Å². The van der Waals surface area contributed by atoms with Crippen molar-refractivity contribution in [2.45, 2.75) is 26.4 Å². The van der Waals surface area contributed by atoms with Crippen LogP contribution in [0.1, 0.15) is 24.5 Å².